The summed E-state index contributed by atoms with van der Waals surface area (Å²) in [6.45, 7) is 0.331. The molecule has 2 aromatic rings. The van der Waals surface area contributed by atoms with Gasteiger partial charge in [0.1, 0.15) is 5.56 Å². The second-order valence-electron chi connectivity index (χ2n) is 4.79. The summed E-state index contributed by atoms with van der Waals surface area (Å²) >= 11 is 5.74. The summed E-state index contributed by atoms with van der Waals surface area (Å²) in [5.74, 6) is -0.866. The molecule has 2 amide bonds. The highest BCUT2D eigenvalue weighted by Crippen LogP contribution is 2.17. The minimum atomic E-state index is -0.614. The van der Waals surface area contributed by atoms with Crippen molar-refractivity contribution in [2.24, 2.45) is 0 Å². The molecule has 124 valence electrons. The maximum Gasteiger partial charge on any atom is 0.282 e. The second kappa shape index (κ2) is 8.07. The van der Waals surface area contributed by atoms with Crippen LogP contribution >= 0.6 is 11.6 Å². The van der Waals surface area contributed by atoms with Crippen molar-refractivity contribution in [3.8, 4) is 0 Å². The number of benzene rings is 2. The molecule has 0 heterocycles. The van der Waals surface area contributed by atoms with E-state index in [1.807, 2.05) is 0 Å². The third-order valence-electron chi connectivity index (χ3n) is 3.15. The Labute approximate surface area is 142 Å². The first-order chi connectivity index (χ1) is 11.5. The second-order valence-corrected chi connectivity index (χ2v) is 5.23. The van der Waals surface area contributed by atoms with Crippen LogP contribution in [0.3, 0.4) is 0 Å². The Balaban J connectivity index is 1.84. The minimum Gasteiger partial charge on any atom is -0.350 e. The molecule has 0 spiro atoms. The van der Waals surface area contributed by atoms with Crippen molar-refractivity contribution in [2.45, 2.75) is 0 Å². The molecule has 0 radical (unpaired) electrons. The minimum absolute atomic E-state index is 0.0217. The van der Waals surface area contributed by atoms with Gasteiger partial charge in [-0.1, -0.05) is 23.7 Å². The van der Waals surface area contributed by atoms with Crippen LogP contribution < -0.4 is 10.6 Å². The Bertz CT molecular complexity index is 762. The van der Waals surface area contributed by atoms with Gasteiger partial charge in [0.2, 0.25) is 0 Å². The van der Waals surface area contributed by atoms with Gasteiger partial charge in [0.15, 0.2) is 0 Å². The first-order valence-corrected chi connectivity index (χ1v) is 7.42. The molecule has 7 nitrogen and oxygen atoms in total. The van der Waals surface area contributed by atoms with E-state index < -0.39 is 10.8 Å². The summed E-state index contributed by atoms with van der Waals surface area (Å²) in [6, 6.07) is 12.1. The number of nitro benzene ring substituents is 1. The molecule has 0 aromatic heterocycles. The van der Waals surface area contributed by atoms with Gasteiger partial charge >= 0.3 is 0 Å². The van der Waals surface area contributed by atoms with Gasteiger partial charge in [0.25, 0.3) is 17.5 Å². The molecule has 2 N–H and O–H groups in total. The van der Waals surface area contributed by atoms with Gasteiger partial charge in [-0.05, 0) is 30.3 Å². The zero-order chi connectivity index (χ0) is 17.5. The predicted molar refractivity (Wildman–Crippen MR) is 89.2 cm³/mol. The average Bonchev–Trinajstić information content (AvgIpc) is 2.58. The number of carbonyl (C=O) groups excluding carboxylic acids is 2. The van der Waals surface area contributed by atoms with Crippen LogP contribution in [0.1, 0.15) is 20.7 Å². The predicted octanol–water partition coefficient (Wildman–Crippen LogP) is 2.41. The zero-order valence-corrected chi connectivity index (χ0v) is 13.2. The van der Waals surface area contributed by atoms with Gasteiger partial charge in [-0.25, -0.2) is 0 Å². The highest BCUT2D eigenvalue weighted by Gasteiger charge is 2.18. The highest BCUT2D eigenvalue weighted by molar-refractivity contribution is 6.30. The number of hydrogen-bond acceptors (Lipinski definition) is 4. The molecule has 2 rings (SSSR count). The summed E-state index contributed by atoms with van der Waals surface area (Å²) < 4.78 is 0. The van der Waals surface area contributed by atoms with Crippen molar-refractivity contribution in [3.63, 3.8) is 0 Å². The Morgan fingerprint density at radius 3 is 2.17 bits per heavy atom. The van der Waals surface area contributed by atoms with Crippen molar-refractivity contribution >= 4 is 29.1 Å². The molecule has 8 heteroatoms. The lowest BCUT2D eigenvalue weighted by Crippen LogP contribution is -2.34. The molecule has 0 saturated carbocycles. The van der Waals surface area contributed by atoms with Crippen LogP contribution in [-0.4, -0.2) is 29.8 Å². The first-order valence-electron chi connectivity index (χ1n) is 7.04. The van der Waals surface area contributed by atoms with Crippen LogP contribution in [0.25, 0.3) is 0 Å². The van der Waals surface area contributed by atoms with E-state index in [1.165, 1.54) is 18.2 Å². The number of amides is 2. The van der Waals surface area contributed by atoms with Crippen molar-refractivity contribution < 1.29 is 14.5 Å². The number of halogens is 1. The highest BCUT2D eigenvalue weighted by atomic mass is 35.5. The molecule has 0 unspecified atom stereocenters. The summed E-state index contributed by atoms with van der Waals surface area (Å²) in [6.07, 6.45) is 0. The lowest BCUT2D eigenvalue weighted by Gasteiger charge is -2.07. The fourth-order valence-electron chi connectivity index (χ4n) is 1.98. The average molecular weight is 348 g/mol. The molecule has 0 saturated heterocycles. The largest absolute Gasteiger partial charge is 0.350 e. The molecule has 0 aliphatic carbocycles. The molecule has 24 heavy (non-hydrogen) atoms. The van der Waals surface area contributed by atoms with Crippen molar-refractivity contribution in [1.82, 2.24) is 10.6 Å². The van der Waals surface area contributed by atoms with Gasteiger partial charge in [-0.2, -0.15) is 0 Å². The smallest absolute Gasteiger partial charge is 0.282 e. The van der Waals surface area contributed by atoms with E-state index in [9.17, 15) is 19.7 Å². The summed E-state index contributed by atoms with van der Waals surface area (Å²) in [5.41, 5.74) is 0.163. The van der Waals surface area contributed by atoms with Gasteiger partial charge in [-0.3, -0.25) is 19.7 Å². The van der Waals surface area contributed by atoms with E-state index in [0.717, 1.165) is 0 Å². The normalized spacial score (nSPS) is 10.0. The summed E-state index contributed by atoms with van der Waals surface area (Å²) in [4.78, 5) is 34.1. The van der Waals surface area contributed by atoms with Gasteiger partial charge in [0.05, 0.1) is 4.92 Å². The Hall–Kier alpha value is -2.93. The van der Waals surface area contributed by atoms with E-state index in [-0.39, 0.29) is 30.2 Å². The summed E-state index contributed by atoms with van der Waals surface area (Å²) in [5, 5.41) is 16.6. The van der Waals surface area contributed by atoms with Crippen LogP contribution in [0.5, 0.6) is 0 Å². The van der Waals surface area contributed by atoms with Crippen LogP contribution in [0.2, 0.25) is 5.02 Å². The number of carbonyl (C=O) groups is 2. The number of nitrogens with zero attached hydrogens (tertiary/aromatic N) is 1. The standard InChI is InChI=1S/C16H14ClN3O4/c17-12-7-5-11(6-8-12)15(21)18-9-10-19-16(22)13-3-1-2-4-14(13)20(23)24/h1-8H,9-10H2,(H,18,21)(H,19,22). The Kier molecular flexibility index (Phi) is 5.86. The fraction of sp³-hybridized carbons (Fsp3) is 0.125. The lowest BCUT2D eigenvalue weighted by molar-refractivity contribution is -0.385. The Morgan fingerprint density at radius 1 is 0.958 bits per heavy atom. The SMILES string of the molecule is O=C(NCCNC(=O)c1ccccc1[N+](=O)[O-])c1ccc(Cl)cc1. The monoisotopic (exact) mass is 347 g/mol. The van der Waals surface area contributed by atoms with Crippen LogP contribution in [0.4, 0.5) is 5.69 Å². The third-order valence-corrected chi connectivity index (χ3v) is 3.40. The molecular formula is C16H14ClN3O4. The van der Waals surface area contributed by atoms with E-state index in [2.05, 4.69) is 10.6 Å². The number of nitro groups is 1. The third kappa shape index (κ3) is 4.53. The maximum atomic E-state index is 12.0. The molecule has 0 fully saturated rings. The quantitative estimate of drug-likeness (QED) is 0.476. The number of para-hydroxylation sites is 1. The van der Waals surface area contributed by atoms with Crippen LogP contribution in [0.15, 0.2) is 48.5 Å². The Morgan fingerprint density at radius 2 is 1.54 bits per heavy atom. The molecule has 2 aromatic carbocycles. The van der Waals surface area contributed by atoms with E-state index in [0.29, 0.717) is 10.6 Å². The lowest BCUT2D eigenvalue weighted by atomic mass is 10.1. The zero-order valence-electron chi connectivity index (χ0n) is 12.5. The van der Waals surface area contributed by atoms with Gasteiger partial charge in [0, 0.05) is 29.7 Å². The van der Waals surface area contributed by atoms with E-state index in [1.54, 1.807) is 30.3 Å². The molecular weight excluding hydrogens is 334 g/mol. The molecule has 0 atom stereocenters. The van der Waals surface area contributed by atoms with Crippen molar-refractivity contribution in [1.29, 1.82) is 0 Å². The number of nitrogens with one attached hydrogen (secondary N) is 2. The molecule has 0 bridgehead atoms. The maximum absolute atomic E-state index is 12.0. The van der Waals surface area contributed by atoms with Gasteiger partial charge < -0.3 is 10.6 Å². The van der Waals surface area contributed by atoms with Gasteiger partial charge in [-0.15, -0.1) is 0 Å². The number of rotatable bonds is 6. The van der Waals surface area contributed by atoms with E-state index >= 15 is 0 Å². The first kappa shape index (κ1) is 17.4. The van der Waals surface area contributed by atoms with Crippen LogP contribution in [-0.2, 0) is 0 Å². The summed E-state index contributed by atoms with van der Waals surface area (Å²) in [7, 11) is 0. The van der Waals surface area contributed by atoms with Crippen molar-refractivity contribution in [3.05, 3.63) is 74.8 Å². The topological polar surface area (TPSA) is 101 Å². The fourth-order valence-corrected chi connectivity index (χ4v) is 2.10. The van der Waals surface area contributed by atoms with Crippen LogP contribution in [0, 0.1) is 10.1 Å². The van der Waals surface area contributed by atoms with E-state index in [4.69, 9.17) is 11.6 Å². The molecule has 0 aliphatic heterocycles. The van der Waals surface area contributed by atoms with Crippen molar-refractivity contribution in [2.75, 3.05) is 13.1 Å². The molecule has 0 aliphatic rings. The number of hydrogen-bond donors (Lipinski definition) is 2.